The summed E-state index contributed by atoms with van der Waals surface area (Å²) < 4.78 is 0.932. The summed E-state index contributed by atoms with van der Waals surface area (Å²) in [4.78, 5) is 25.1. The number of rotatable bonds is 1. The molecule has 5 heteroatoms. The Hall–Kier alpha value is -1.62. The number of hydrogen-bond acceptors (Lipinski definition) is 4. The number of thiophene rings is 1. The highest BCUT2D eigenvalue weighted by Gasteiger charge is 2.09. The number of hydrogen-bond donors (Lipinski definition) is 0. The van der Waals surface area contributed by atoms with Crippen LogP contribution in [0.1, 0.15) is 9.67 Å². The third-order valence-electron chi connectivity index (χ3n) is 1.61. The molecule has 2 aromatic heterocycles. The molecule has 0 saturated heterocycles. The molecule has 0 aliphatic rings. The maximum absolute atomic E-state index is 10.9. The molecule has 0 atom stereocenters. The van der Waals surface area contributed by atoms with Gasteiger partial charge in [-0.05, 0) is 12.1 Å². The quantitative estimate of drug-likeness (QED) is 0.651. The van der Waals surface area contributed by atoms with E-state index in [1.807, 2.05) is 0 Å². The Morgan fingerprint density at radius 1 is 1.54 bits per heavy atom. The van der Waals surface area contributed by atoms with Crippen molar-refractivity contribution >= 4 is 27.3 Å². The second kappa shape index (κ2) is 3.02. The van der Waals surface area contributed by atoms with E-state index in [4.69, 9.17) is 0 Å². The lowest BCUT2D eigenvalue weighted by Crippen LogP contribution is -1.86. The van der Waals surface area contributed by atoms with Crippen molar-refractivity contribution in [2.75, 3.05) is 0 Å². The summed E-state index contributed by atoms with van der Waals surface area (Å²) in [6.07, 6.45) is 3.29. The zero-order valence-corrected chi connectivity index (χ0v) is 7.25. The molecule has 4 nitrogen and oxygen atoms in total. The summed E-state index contributed by atoms with van der Waals surface area (Å²) in [5.41, 5.74) is 0. The van der Waals surface area contributed by atoms with Crippen LogP contribution in [0.5, 0.6) is 0 Å². The first-order valence-electron chi connectivity index (χ1n) is 3.52. The molecule has 1 amide bonds. The second-order valence-electron chi connectivity index (χ2n) is 2.42. The van der Waals surface area contributed by atoms with Crippen LogP contribution in [0.4, 0.5) is 0 Å². The number of amides is 1. The zero-order valence-electron chi connectivity index (χ0n) is 6.43. The molecule has 2 rings (SSSR count). The smallest absolute Gasteiger partial charge is 0.264 e. The van der Waals surface area contributed by atoms with Gasteiger partial charge in [0, 0.05) is 27.7 Å². The minimum atomic E-state index is -0.721. The Balaban J connectivity index is 2.62. The standard InChI is InChI=1S/C8H4N2O2S/c11-8(10-12)7-3-5-4-9-2-1-6(5)13-7/h1-4H. The molecule has 2 heterocycles. The molecular weight excluding hydrogens is 188 g/mol. The Bertz CT molecular complexity index is 445. The second-order valence-corrected chi connectivity index (χ2v) is 3.50. The molecule has 13 heavy (non-hydrogen) atoms. The molecule has 0 radical (unpaired) electrons. The van der Waals surface area contributed by atoms with Crippen molar-refractivity contribution in [1.29, 1.82) is 0 Å². The maximum Gasteiger partial charge on any atom is 0.326 e. The van der Waals surface area contributed by atoms with Gasteiger partial charge >= 0.3 is 5.91 Å². The molecule has 2 aromatic rings. The van der Waals surface area contributed by atoms with Gasteiger partial charge < -0.3 is 0 Å². The highest BCUT2D eigenvalue weighted by Crippen LogP contribution is 2.24. The van der Waals surface area contributed by atoms with Crippen LogP contribution in [-0.2, 0) is 0 Å². The van der Waals surface area contributed by atoms with Crippen LogP contribution in [-0.4, -0.2) is 10.9 Å². The highest BCUT2D eigenvalue weighted by atomic mass is 32.1. The van der Waals surface area contributed by atoms with Crippen LogP contribution < -0.4 is 0 Å². The SMILES string of the molecule is O=NC(=O)c1cc2cnccc2s1. The van der Waals surface area contributed by atoms with Gasteiger partial charge in [-0.3, -0.25) is 9.78 Å². The minimum Gasteiger partial charge on any atom is -0.264 e. The van der Waals surface area contributed by atoms with Gasteiger partial charge in [0.1, 0.15) is 0 Å². The molecule has 0 aliphatic heterocycles. The summed E-state index contributed by atoms with van der Waals surface area (Å²) in [5.74, 6) is -0.721. The normalized spacial score (nSPS) is 10.2. The van der Waals surface area contributed by atoms with Gasteiger partial charge in [0.2, 0.25) is 0 Å². The average molecular weight is 192 g/mol. The van der Waals surface area contributed by atoms with Crippen molar-refractivity contribution < 1.29 is 4.79 Å². The van der Waals surface area contributed by atoms with Gasteiger partial charge in [-0.15, -0.1) is 16.2 Å². The molecule has 64 valence electrons. The monoisotopic (exact) mass is 192 g/mol. The summed E-state index contributed by atoms with van der Waals surface area (Å²) >= 11 is 1.25. The van der Waals surface area contributed by atoms with Crippen molar-refractivity contribution in [2.45, 2.75) is 0 Å². The number of pyridine rings is 1. The van der Waals surface area contributed by atoms with Crippen molar-refractivity contribution in [3.63, 3.8) is 0 Å². The average Bonchev–Trinajstić information content (AvgIpc) is 2.59. The fourth-order valence-corrected chi connectivity index (χ4v) is 1.94. The third-order valence-corrected chi connectivity index (χ3v) is 2.71. The molecule has 0 unspecified atom stereocenters. The van der Waals surface area contributed by atoms with E-state index in [1.54, 1.807) is 24.5 Å². The van der Waals surface area contributed by atoms with Gasteiger partial charge in [-0.2, -0.15) is 0 Å². The number of carbonyl (C=O) groups excluding carboxylic acids is 1. The first-order chi connectivity index (χ1) is 6.31. The summed E-state index contributed by atoms with van der Waals surface area (Å²) in [6, 6.07) is 3.41. The van der Waals surface area contributed by atoms with Crippen molar-refractivity contribution in [3.8, 4) is 0 Å². The van der Waals surface area contributed by atoms with Gasteiger partial charge in [-0.1, -0.05) is 0 Å². The fourth-order valence-electron chi connectivity index (χ4n) is 1.03. The molecular formula is C8H4N2O2S. The predicted octanol–water partition coefficient (Wildman–Crippen LogP) is 2.20. The maximum atomic E-state index is 10.9. The van der Waals surface area contributed by atoms with Crippen molar-refractivity contribution in [1.82, 2.24) is 4.98 Å². The first-order valence-corrected chi connectivity index (χ1v) is 4.34. The van der Waals surface area contributed by atoms with Crippen molar-refractivity contribution in [2.24, 2.45) is 5.18 Å². The lowest BCUT2D eigenvalue weighted by Gasteiger charge is -1.81. The van der Waals surface area contributed by atoms with E-state index in [1.165, 1.54) is 11.3 Å². The van der Waals surface area contributed by atoms with E-state index in [0.717, 1.165) is 10.1 Å². The Labute approximate surface area is 77.2 Å². The summed E-state index contributed by atoms with van der Waals surface area (Å²) in [5, 5.41) is 3.22. The highest BCUT2D eigenvalue weighted by molar-refractivity contribution is 7.20. The van der Waals surface area contributed by atoms with Crippen LogP contribution in [0.25, 0.3) is 10.1 Å². The van der Waals surface area contributed by atoms with E-state index < -0.39 is 5.91 Å². The van der Waals surface area contributed by atoms with E-state index >= 15 is 0 Å². The lowest BCUT2D eigenvalue weighted by atomic mass is 10.3. The fraction of sp³-hybridized carbons (Fsp3) is 0. The van der Waals surface area contributed by atoms with Crippen LogP contribution in [0, 0.1) is 4.91 Å². The van der Waals surface area contributed by atoms with E-state index in [-0.39, 0.29) is 0 Å². The number of carbonyl (C=O) groups is 1. The van der Waals surface area contributed by atoms with Crippen LogP contribution in [0.2, 0.25) is 0 Å². The molecule has 0 spiro atoms. The van der Waals surface area contributed by atoms with Crippen molar-refractivity contribution in [3.05, 3.63) is 34.3 Å². The molecule has 0 bridgehead atoms. The lowest BCUT2D eigenvalue weighted by molar-refractivity contribution is 0.100. The topological polar surface area (TPSA) is 59.4 Å². The van der Waals surface area contributed by atoms with Gasteiger partial charge in [0.05, 0.1) is 4.88 Å². The van der Waals surface area contributed by atoms with Gasteiger partial charge in [-0.25, -0.2) is 0 Å². The summed E-state index contributed by atoms with van der Waals surface area (Å²) in [7, 11) is 0. The number of aromatic nitrogens is 1. The largest absolute Gasteiger partial charge is 0.326 e. The van der Waals surface area contributed by atoms with Crippen LogP contribution in [0.3, 0.4) is 0 Å². The zero-order chi connectivity index (χ0) is 9.26. The molecule has 0 aromatic carbocycles. The van der Waals surface area contributed by atoms with Crippen LogP contribution in [0.15, 0.2) is 29.7 Å². The first kappa shape index (κ1) is 8.00. The minimum absolute atomic E-state index is 0.359. The molecule has 0 fully saturated rings. The Kier molecular flexibility index (Phi) is 1.86. The summed E-state index contributed by atoms with van der Waals surface area (Å²) in [6.45, 7) is 0. The molecule has 0 saturated carbocycles. The predicted molar refractivity (Wildman–Crippen MR) is 49.7 cm³/mol. The number of fused-ring (bicyclic) bond motifs is 1. The number of nitrogens with zero attached hydrogens (tertiary/aromatic N) is 2. The van der Waals surface area contributed by atoms with Gasteiger partial charge in [0.15, 0.2) is 0 Å². The van der Waals surface area contributed by atoms with Gasteiger partial charge in [0.25, 0.3) is 0 Å². The van der Waals surface area contributed by atoms with E-state index in [0.29, 0.717) is 4.88 Å². The van der Waals surface area contributed by atoms with Crippen LogP contribution >= 0.6 is 11.3 Å². The third kappa shape index (κ3) is 1.33. The number of nitroso groups, excluding NO2 is 1. The Morgan fingerprint density at radius 2 is 2.38 bits per heavy atom. The molecule has 0 aliphatic carbocycles. The Morgan fingerprint density at radius 3 is 3.08 bits per heavy atom. The van der Waals surface area contributed by atoms with E-state index in [2.05, 4.69) is 10.2 Å². The van der Waals surface area contributed by atoms with E-state index in [9.17, 15) is 9.70 Å². The molecule has 0 N–H and O–H groups in total.